The zero-order valence-corrected chi connectivity index (χ0v) is 18.2. The SMILES string of the molecule is O=C1CNCC2=C1C(c1cccc(C(=O)NCc3ccc(OC(F)(F)F)cc3)c1)c1cn[nH]c1N2. The second-order valence-corrected chi connectivity index (χ2v) is 8.18. The van der Waals surface area contributed by atoms with E-state index in [-0.39, 0.29) is 36.4 Å². The highest BCUT2D eigenvalue weighted by atomic mass is 19.4. The van der Waals surface area contributed by atoms with Gasteiger partial charge in [0.15, 0.2) is 5.78 Å². The molecule has 2 aliphatic rings. The van der Waals surface area contributed by atoms with Crippen molar-refractivity contribution in [2.24, 2.45) is 0 Å². The summed E-state index contributed by atoms with van der Waals surface area (Å²) in [6.07, 6.45) is -3.09. The summed E-state index contributed by atoms with van der Waals surface area (Å²) < 4.78 is 40.8. The van der Waals surface area contributed by atoms with Crippen molar-refractivity contribution < 1.29 is 27.5 Å². The van der Waals surface area contributed by atoms with E-state index in [0.29, 0.717) is 29.1 Å². The summed E-state index contributed by atoms with van der Waals surface area (Å²) in [5.41, 5.74) is 4.02. The lowest BCUT2D eigenvalue weighted by atomic mass is 9.79. The van der Waals surface area contributed by atoms with Crippen molar-refractivity contribution in [3.8, 4) is 5.75 Å². The van der Waals surface area contributed by atoms with Gasteiger partial charge in [0.2, 0.25) is 0 Å². The maximum absolute atomic E-state index is 12.8. The fraction of sp³-hybridized carbons (Fsp3) is 0.208. The van der Waals surface area contributed by atoms with Crippen molar-refractivity contribution in [2.75, 3.05) is 18.4 Å². The summed E-state index contributed by atoms with van der Waals surface area (Å²) in [6, 6.07) is 12.3. The van der Waals surface area contributed by atoms with E-state index < -0.39 is 6.36 Å². The number of amides is 1. The molecule has 3 heterocycles. The van der Waals surface area contributed by atoms with Crippen molar-refractivity contribution in [2.45, 2.75) is 18.8 Å². The largest absolute Gasteiger partial charge is 0.573 e. The van der Waals surface area contributed by atoms with Crippen molar-refractivity contribution >= 4 is 17.5 Å². The van der Waals surface area contributed by atoms with E-state index in [4.69, 9.17) is 0 Å². The van der Waals surface area contributed by atoms with Crippen molar-refractivity contribution in [3.05, 3.63) is 88.3 Å². The van der Waals surface area contributed by atoms with Crippen LogP contribution in [0, 0.1) is 0 Å². The molecule has 11 heteroatoms. The minimum absolute atomic E-state index is 0.0246. The Kier molecular flexibility index (Phi) is 5.77. The van der Waals surface area contributed by atoms with Crippen LogP contribution in [0.5, 0.6) is 5.75 Å². The third-order valence-electron chi connectivity index (χ3n) is 5.85. The van der Waals surface area contributed by atoms with Crippen LogP contribution in [-0.4, -0.2) is 41.3 Å². The van der Waals surface area contributed by atoms with Gasteiger partial charge >= 0.3 is 6.36 Å². The molecule has 0 radical (unpaired) electrons. The number of H-pyrrole nitrogens is 1. The molecule has 2 aromatic carbocycles. The van der Waals surface area contributed by atoms with Gasteiger partial charge in [0.1, 0.15) is 11.6 Å². The maximum Gasteiger partial charge on any atom is 0.573 e. The number of hydrogen-bond donors (Lipinski definition) is 4. The Morgan fingerprint density at radius 1 is 1.14 bits per heavy atom. The third-order valence-corrected chi connectivity index (χ3v) is 5.85. The number of Topliss-reactive ketones (excluding diaryl/α,β-unsaturated/α-hetero) is 1. The molecule has 5 rings (SSSR count). The first-order valence-corrected chi connectivity index (χ1v) is 10.8. The van der Waals surface area contributed by atoms with Crippen LogP contribution in [0.15, 0.2) is 66.0 Å². The van der Waals surface area contributed by atoms with Crippen LogP contribution in [0.25, 0.3) is 0 Å². The molecule has 35 heavy (non-hydrogen) atoms. The van der Waals surface area contributed by atoms with Gasteiger partial charge in [-0.05, 0) is 35.4 Å². The van der Waals surface area contributed by atoms with E-state index in [9.17, 15) is 22.8 Å². The molecule has 1 unspecified atom stereocenters. The first-order valence-electron chi connectivity index (χ1n) is 10.8. The van der Waals surface area contributed by atoms with Gasteiger partial charge in [-0.15, -0.1) is 13.2 Å². The lowest BCUT2D eigenvalue weighted by molar-refractivity contribution is -0.274. The molecular formula is C24H20F3N5O3. The van der Waals surface area contributed by atoms with E-state index in [2.05, 4.69) is 30.9 Å². The smallest absolute Gasteiger partial charge is 0.406 e. The minimum atomic E-state index is -4.76. The van der Waals surface area contributed by atoms with E-state index in [1.807, 2.05) is 6.07 Å². The Labute approximate surface area is 197 Å². The van der Waals surface area contributed by atoms with E-state index in [0.717, 1.165) is 16.8 Å². The highest BCUT2D eigenvalue weighted by Gasteiger charge is 2.36. The monoisotopic (exact) mass is 483 g/mol. The molecule has 180 valence electrons. The topological polar surface area (TPSA) is 108 Å². The van der Waals surface area contributed by atoms with E-state index in [1.54, 1.807) is 24.4 Å². The molecule has 0 saturated heterocycles. The average Bonchev–Trinajstić information content (AvgIpc) is 3.29. The first-order chi connectivity index (χ1) is 16.8. The lowest BCUT2D eigenvalue weighted by Crippen LogP contribution is -2.39. The lowest BCUT2D eigenvalue weighted by Gasteiger charge is -2.32. The van der Waals surface area contributed by atoms with Gasteiger partial charge in [-0.3, -0.25) is 14.7 Å². The zero-order chi connectivity index (χ0) is 24.6. The molecule has 1 aromatic heterocycles. The normalized spacial score (nSPS) is 17.3. The summed E-state index contributed by atoms with van der Waals surface area (Å²) in [5, 5.41) is 16.1. The van der Waals surface area contributed by atoms with Crippen LogP contribution in [-0.2, 0) is 11.3 Å². The number of benzene rings is 2. The molecule has 3 aromatic rings. The number of aromatic nitrogens is 2. The van der Waals surface area contributed by atoms with Crippen LogP contribution >= 0.6 is 0 Å². The summed E-state index contributed by atoms with van der Waals surface area (Å²) in [7, 11) is 0. The van der Waals surface area contributed by atoms with Crippen LogP contribution in [0.4, 0.5) is 19.0 Å². The molecule has 0 aliphatic carbocycles. The predicted molar refractivity (Wildman–Crippen MR) is 120 cm³/mol. The summed E-state index contributed by atoms with van der Waals surface area (Å²) in [5.74, 6) is -0.373. The highest BCUT2D eigenvalue weighted by molar-refractivity contribution is 6.02. The number of fused-ring (bicyclic) bond motifs is 1. The molecule has 8 nitrogen and oxygen atoms in total. The Morgan fingerprint density at radius 3 is 2.71 bits per heavy atom. The van der Waals surface area contributed by atoms with Crippen LogP contribution in [0.3, 0.4) is 0 Å². The standard InChI is InChI=1S/C24H20F3N5O3/c25-24(26,27)35-16-6-4-13(5-7-16)9-29-23(34)15-3-1-2-14(8-15)20-17-10-30-32-22(17)31-18-11-28-12-19(33)21(18)20/h1-8,10,20,28H,9,11-12H2,(H,29,34)(H2,30,31,32). The van der Waals surface area contributed by atoms with Gasteiger partial charge in [-0.25, -0.2) is 0 Å². The number of hydrogen-bond acceptors (Lipinski definition) is 6. The summed E-state index contributed by atoms with van der Waals surface area (Å²) in [4.78, 5) is 25.6. The molecule has 0 spiro atoms. The minimum Gasteiger partial charge on any atom is -0.406 e. The number of carbonyl (C=O) groups is 2. The van der Waals surface area contributed by atoms with Gasteiger partial charge in [-0.1, -0.05) is 24.3 Å². The number of nitrogens with zero attached hydrogens (tertiary/aromatic N) is 1. The number of halogens is 3. The second kappa shape index (κ2) is 8.91. The highest BCUT2D eigenvalue weighted by Crippen LogP contribution is 2.41. The van der Waals surface area contributed by atoms with Crippen LogP contribution < -0.4 is 20.7 Å². The predicted octanol–water partition coefficient (Wildman–Crippen LogP) is 3.22. The van der Waals surface area contributed by atoms with Crippen molar-refractivity contribution in [1.29, 1.82) is 0 Å². The number of carbonyl (C=O) groups excluding carboxylic acids is 2. The molecule has 1 amide bonds. The number of ether oxygens (including phenoxy) is 1. The molecular weight excluding hydrogens is 463 g/mol. The zero-order valence-electron chi connectivity index (χ0n) is 18.2. The Balaban J connectivity index is 1.34. The summed E-state index contributed by atoms with van der Waals surface area (Å²) >= 11 is 0. The maximum atomic E-state index is 12.8. The fourth-order valence-electron chi connectivity index (χ4n) is 4.33. The fourth-order valence-corrected chi connectivity index (χ4v) is 4.33. The van der Waals surface area contributed by atoms with Gasteiger partial charge in [-0.2, -0.15) is 5.10 Å². The Hall–Kier alpha value is -4.12. The molecule has 4 N–H and O–H groups in total. The van der Waals surface area contributed by atoms with Gasteiger partial charge < -0.3 is 20.7 Å². The first kappa shape index (κ1) is 22.7. The molecule has 0 saturated carbocycles. The number of ketones is 1. The number of aromatic amines is 1. The third kappa shape index (κ3) is 4.76. The molecule has 0 fully saturated rings. The number of nitrogens with one attached hydrogen (secondary N) is 4. The van der Waals surface area contributed by atoms with Crippen molar-refractivity contribution in [3.63, 3.8) is 0 Å². The quantitative estimate of drug-likeness (QED) is 0.444. The van der Waals surface area contributed by atoms with Gasteiger partial charge in [0, 0.05) is 41.4 Å². The Morgan fingerprint density at radius 2 is 1.94 bits per heavy atom. The average molecular weight is 483 g/mol. The Bertz CT molecular complexity index is 1310. The summed E-state index contributed by atoms with van der Waals surface area (Å²) in [6.45, 7) is 0.869. The number of rotatable bonds is 5. The molecule has 2 aliphatic heterocycles. The van der Waals surface area contributed by atoms with Crippen LogP contribution in [0.1, 0.15) is 33.0 Å². The number of anilines is 1. The second-order valence-electron chi connectivity index (χ2n) is 8.18. The van der Waals surface area contributed by atoms with Crippen molar-refractivity contribution in [1.82, 2.24) is 20.8 Å². The van der Waals surface area contributed by atoms with Gasteiger partial charge in [0.05, 0.1) is 12.7 Å². The number of alkyl halides is 3. The van der Waals surface area contributed by atoms with Gasteiger partial charge in [0.25, 0.3) is 5.91 Å². The molecule has 0 bridgehead atoms. The van der Waals surface area contributed by atoms with E-state index >= 15 is 0 Å². The van der Waals surface area contributed by atoms with E-state index in [1.165, 1.54) is 24.3 Å². The van der Waals surface area contributed by atoms with Crippen LogP contribution in [0.2, 0.25) is 0 Å². The molecule has 1 atom stereocenters.